The number of hydrogen-bond acceptors (Lipinski definition) is 4. The number of pyridine rings is 1. The SMILES string of the molecule is Cc1nc(-c2ccc([N+](=O)[O-])cc2)ccc1C(=O)O. The largest absolute Gasteiger partial charge is 0.478 e. The Morgan fingerprint density at radius 2 is 1.84 bits per heavy atom. The van der Waals surface area contributed by atoms with Crippen LogP contribution < -0.4 is 0 Å². The van der Waals surface area contributed by atoms with Crippen molar-refractivity contribution in [3.05, 3.63) is 57.8 Å². The van der Waals surface area contributed by atoms with Gasteiger partial charge in [-0.15, -0.1) is 0 Å². The molecule has 0 bridgehead atoms. The molecular formula is C13H10N2O4. The van der Waals surface area contributed by atoms with Gasteiger partial charge >= 0.3 is 5.97 Å². The average Bonchev–Trinajstić information content (AvgIpc) is 2.38. The molecule has 1 aromatic heterocycles. The number of hydrogen-bond donors (Lipinski definition) is 1. The molecule has 0 saturated carbocycles. The van der Waals surface area contributed by atoms with Crippen molar-refractivity contribution in [2.45, 2.75) is 6.92 Å². The zero-order valence-electron chi connectivity index (χ0n) is 10.0. The third kappa shape index (κ3) is 2.57. The maximum absolute atomic E-state index is 10.9. The first kappa shape index (κ1) is 12.7. The van der Waals surface area contributed by atoms with Crippen LogP contribution in [0.4, 0.5) is 5.69 Å². The summed E-state index contributed by atoms with van der Waals surface area (Å²) in [6.07, 6.45) is 0. The Balaban J connectivity index is 2.39. The lowest BCUT2D eigenvalue weighted by atomic mass is 10.1. The molecule has 0 aliphatic carbocycles. The summed E-state index contributed by atoms with van der Waals surface area (Å²) in [5.74, 6) is -1.03. The third-order valence-electron chi connectivity index (χ3n) is 2.69. The second kappa shape index (κ2) is 4.85. The first-order chi connectivity index (χ1) is 8.99. The quantitative estimate of drug-likeness (QED) is 0.674. The maximum atomic E-state index is 10.9. The Kier molecular flexibility index (Phi) is 3.24. The number of rotatable bonds is 3. The molecular weight excluding hydrogens is 248 g/mol. The molecule has 96 valence electrons. The van der Waals surface area contributed by atoms with E-state index in [0.717, 1.165) is 0 Å². The highest BCUT2D eigenvalue weighted by molar-refractivity contribution is 5.89. The number of benzene rings is 1. The van der Waals surface area contributed by atoms with Crippen molar-refractivity contribution in [1.29, 1.82) is 0 Å². The number of nitro groups is 1. The number of carboxylic acid groups (broad SMARTS) is 1. The van der Waals surface area contributed by atoms with Crippen molar-refractivity contribution in [3.63, 3.8) is 0 Å². The van der Waals surface area contributed by atoms with Crippen molar-refractivity contribution in [2.75, 3.05) is 0 Å². The minimum Gasteiger partial charge on any atom is -0.478 e. The fourth-order valence-electron chi connectivity index (χ4n) is 1.70. The summed E-state index contributed by atoms with van der Waals surface area (Å²) in [7, 11) is 0. The number of non-ortho nitro benzene ring substituents is 1. The van der Waals surface area contributed by atoms with Gasteiger partial charge in [0.25, 0.3) is 5.69 Å². The first-order valence-electron chi connectivity index (χ1n) is 5.45. The second-order valence-electron chi connectivity index (χ2n) is 3.94. The van der Waals surface area contributed by atoms with E-state index >= 15 is 0 Å². The van der Waals surface area contributed by atoms with Gasteiger partial charge in [-0.3, -0.25) is 15.1 Å². The highest BCUT2D eigenvalue weighted by atomic mass is 16.6. The molecule has 0 fully saturated rings. The molecule has 0 spiro atoms. The number of carboxylic acids is 1. The van der Waals surface area contributed by atoms with Crippen molar-refractivity contribution >= 4 is 11.7 Å². The standard InChI is InChI=1S/C13H10N2O4/c1-8-11(13(16)17)6-7-12(14-8)9-2-4-10(5-3-9)15(18)19/h2-7H,1H3,(H,16,17). The highest BCUT2D eigenvalue weighted by Gasteiger charge is 2.10. The Morgan fingerprint density at radius 3 is 2.32 bits per heavy atom. The third-order valence-corrected chi connectivity index (χ3v) is 2.69. The van der Waals surface area contributed by atoms with Crippen LogP contribution in [0.15, 0.2) is 36.4 Å². The summed E-state index contributed by atoms with van der Waals surface area (Å²) in [6.45, 7) is 1.61. The van der Waals surface area contributed by atoms with Crippen LogP contribution in [-0.2, 0) is 0 Å². The predicted molar refractivity (Wildman–Crippen MR) is 68.0 cm³/mol. The monoisotopic (exact) mass is 258 g/mol. The molecule has 2 aromatic rings. The average molecular weight is 258 g/mol. The van der Waals surface area contributed by atoms with Crippen LogP contribution in [0, 0.1) is 17.0 Å². The molecule has 19 heavy (non-hydrogen) atoms. The maximum Gasteiger partial charge on any atom is 0.337 e. The fourth-order valence-corrected chi connectivity index (χ4v) is 1.70. The van der Waals surface area contributed by atoms with Crippen LogP contribution >= 0.6 is 0 Å². The first-order valence-corrected chi connectivity index (χ1v) is 5.45. The van der Waals surface area contributed by atoms with Crippen molar-refractivity contribution in [2.24, 2.45) is 0 Å². The number of aromatic carboxylic acids is 1. The van der Waals surface area contributed by atoms with Gasteiger partial charge in [0.15, 0.2) is 0 Å². The number of aryl methyl sites for hydroxylation is 1. The van der Waals surface area contributed by atoms with Gasteiger partial charge in [-0.2, -0.15) is 0 Å². The summed E-state index contributed by atoms with van der Waals surface area (Å²) in [4.78, 5) is 25.1. The zero-order chi connectivity index (χ0) is 14.0. The molecule has 0 aliphatic rings. The summed E-state index contributed by atoms with van der Waals surface area (Å²) < 4.78 is 0. The molecule has 1 heterocycles. The molecule has 0 aliphatic heterocycles. The lowest BCUT2D eigenvalue weighted by Crippen LogP contribution is -2.02. The lowest BCUT2D eigenvalue weighted by molar-refractivity contribution is -0.384. The number of nitro benzene ring substituents is 1. The zero-order valence-corrected chi connectivity index (χ0v) is 10.0. The van der Waals surface area contributed by atoms with Crippen LogP contribution in [0.25, 0.3) is 11.3 Å². The molecule has 0 radical (unpaired) electrons. The number of nitrogens with zero attached hydrogens (tertiary/aromatic N) is 2. The Bertz CT molecular complexity index is 650. The van der Waals surface area contributed by atoms with Crippen molar-refractivity contribution in [1.82, 2.24) is 4.98 Å². The van der Waals surface area contributed by atoms with Gasteiger partial charge in [0.2, 0.25) is 0 Å². The second-order valence-corrected chi connectivity index (χ2v) is 3.94. The number of carbonyl (C=O) groups is 1. The molecule has 0 unspecified atom stereocenters. The van der Waals surface area contributed by atoms with Crippen LogP contribution in [-0.4, -0.2) is 21.0 Å². The Morgan fingerprint density at radius 1 is 1.21 bits per heavy atom. The van der Waals surface area contributed by atoms with Crippen LogP contribution in [0.2, 0.25) is 0 Å². The smallest absolute Gasteiger partial charge is 0.337 e. The molecule has 0 amide bonds. The van der Waals surface area contributed by atoms with Gasteiger partial charge in [-0.25, -0.2) is 4.79 Å². The summed E-state index contributed by atoms with van der Waals surface area (Å²) in [5.41, 5.74) is 1.83. The van der Waals surface area contributed by atoms with Crippen LogP contribution in [0.1, 0.15) is 16.1 Å². The Labute approximate surface area is 108 Å². The van der Waals surface area contributed by atoms with Gasteiger partial charge in [0.1, 0.15) is 0 Å². The van der Waals surface area contributed by atoms with E-state index in [9.17, 15) is 14.9 Å². The molecule has 6 nitrogen and oxygen atoms in total. The normalized spacial score (nSPS) is 10.2. The molecule has 0 atom stereocenters. The molecule has 1 aromatic carbocycles. The molecule has 0 saturated heterocycles. The summed E-state index contributed by atoms with van der Waals surface area (Å²) >= 11 is 0. The van der Waals surface area contributed by atoms with E-state index in [4.69, 9.17) is 5.11 Å². The van der Waals surface area contributed by atoms with Crippen LogP contribution in [0.3, 0.4) is 0 Å². The van der Waals surface area contributed by atoms with Gasteiger partial charge < -0.3 is 5.11 Å². The Hall–Kier alpha value is -2.76. The van der Waals surface area contributed by atoms with Gasteiger partial charge in [0.05, 0.1) is 21.9 Å². The van der Waals surface area contributed by atoms with E-state index < -0.39 is 10.9 Å². The van der Waals surface area contributed by atoms with Crippen molar-refractivity contribution in [3.8, 4) is 11.3 Å². The van der Waals surface area contributed by atoms with E-state index in [0.29, 0.717) is 17.0 Å². The van der Waals surface area contributed by atoms with E-state index in [1.807, 2.05) is 0 Å². The van der Waals surface area contributed by atoms with Gasteiger partial charge in [-0.05, 0) is 31.2 Å². The highest BCUT2D eigenvalue weighted by Crippen LogP contribution is 2.22. The lowest BCUT2D eigenvalue weighted by Gasteiger charge is -2.04. The summed E-state index contributed by atoms with van der Waals surface area (Å²) in [5, 5.41) is 19.5. The number of aromatic nitrogens is 1. The minimum absolute atomic E-state index is 0.00243. The minimum atomic E-state index is -1.03. The van der Waals surface area contributed by atoms with Gasteiger partial charge in [-0.1, -0.05) is 0 Å². The molecule has 6 heteroatoms. The topological polar surface area (TPSA) is 93.3 Å². The predicted octanol–water partition coefficient (Wildman–Crippen LogP) is 2.66. The van der Waals surface area contributed by atoms with Crippen LogP contribution in [0.5, 0.6) is 0 Å². The van der Waals surface area contributed by atoms with Crippen molar-refractivity contribution < 1.29 is 14.8 Å². The van der Waals surface area contributed by atoms with E-state index in [1.54, 1.807) is 25.1 Å². The molecule has 2 rings (SSSR count). The van der Waals surface area contributed by atoms with E-state index in [-0.39, 0.29) is 11.3 Å². The van der Waals surface area contributed by atoms with Gasteiger partial charge in [0, 0.05) is 17.7 Å². The molecule has 1 N–H and O–H groups in total. The fraction of sp³-hybridized carbons (Fsp3) is 0.0769. The van der Waals surface area contributed by atoms with E-state index in [1.165, 1.54) is 18.2 Å². The summed E-state index contributed by atoms with van der Waals surface area (Å²) in [6, 6.07) is 8.99. The van der Waals surface area contributed by atoms with E-state index in [2.05, 4.69) is 4.98 Å².